The van der Waals surface area contributed by atoms with Gasteiger partial charge in [0.25, 0.3) is 0 Å². The summed E-state index contributed by atoms with van der Waals surface area (Å²) in [6.07, 6.45) is 6.50. The largest absolute Gasteiger partial charge is 0.299 e. The van der Waals surface area contributed by atoms with Gasteiger partial charge in [-0.3, -0.25) is 9.88 Å². The first-order valence-corrected chi connectivity index (χ1v) is 6.37. The molecule has 0 saturated carbocycles. The number of pyridine rings is 1. The average Bonchev–Trinajstić information content (AvgIpc) is 2.31. The van der Waals surface area contributed by atoms with E-state index in [4.69, 9.17) is 0 Å². The van der Waals surface area contributed by atoms with E-state index in [2.05, 4.69) is 35.9 Å². The highest BCUT2D eigenvalue weighted by Gasteiger charge is 2.21. The van der Waals surface area contributed by atoms with Gasteiger partial charge in [-0.2, -0.15) is 0 Å². The van der Waals surface area contributed by atoms with E-state index in [9.17, 15) is 0 Å². The van der Waals surface area contributed by atoms with Gasteiger partial charge in [0.15, 0.2) is 0 Å². The quantitative estimate of drug-likeness (QED) is 0.775. The number of rotatable bonds is 3. The Kier molecular flexibility index (Phi) is 3.94. The van der Waals surface area contributed by atoms with Crippen LogP contribution in [0.1, 0.15) is 32.3 Å². The van der Waals surface area contributed by atoms with Gasteiger partial charge in [-0.25, -0.2) is 0 Å². The molecule has 88 valence electrons. The molecule has 1 aromatic rings. The van der Waals surface area contributed by atoms with Gasteiger partial charge in [0.05, 0.1) is 0 Å². The van der Waals surface area contributed by atoms with Gasteiger partial charge < -0.3 is 0 Å². The highest BCUT2D eigenvalue weighted by molar-refractivity contribution is 5.09. The van der Waals surface area contributed by atoms with Gasteiger partial charge in [-0.05, 0) is 55.5 Å². The van der Waals surface area contributed by atoms with Crippen molar-refractivity contribution in [3.63, 3.8) is 0 Å². The molecule has 0 unspecified atom stereocenters. The van der Waals surface area contributed by atoms with E-state index in [0.29, 0.717) is 0 Å². The molecule has 2 rings (SSSR count). The standard InChI is InChI=1S/C14H22N2/c1-12(2)14-5-9-16(10-6-14)11-13-3-7-15-8-4-13/h3-4,7-8,12,14H,5-6,9-11H2,1-2H3. The van der Waals surface area contributed by atoms with Crippen molar-refractivity contribution in [2.45, 2.75) is 33.2 Å². The van der Waals surface area contributed by atoms with Gasteiger partial charge in [-0.1, -0.05) is 13.8 Å². The van der Waals surface area contributed by atoms with Crippen molar-refractivity contribution in [2.75, 3.05) is 13.1 Å². The van der Waals surface area contributed by atoms with E-state index in [0.717, 1.165) is 18.4 Å². The minimum atomic E-state index is 0.850. The summed E-state index contributed by atoms with van der Waals surface area (Å²) >= 11 is 0. The maximum atomic E-state index is 4.06. The topological polar surface area (TPSA) is 16.1 Å². The molecular formula is C14H22N2. The van der Waals surface area contributed by atoms with Gasteiger partial charge in [0.2, 0.25) is 0 Å². The lowest BCUT2D eigenvalue weighted by Crippen LogP contribution is -2.34. The number of nitrogens with zero attached hydrogens (tertiary/aromatic N) is 2. The number of hydrogen-bond acceptors (Lipinski definition) is 2. The van der Waals surface area contributed by atoms with Crippen LogP contribution in [0.3, 0.4) is 0 Å². The third-order valence-electron chi connectivity index (χ3n) is 3.73. The van der Waals surface area contributed by atoms with Crippen LogP contribution >= 0.6 is 0 Å². The highest BCUT2D eigenvalue weighted by atomic mass is 15.1. The van der Waals surface area contributed by atoms with Crippen LogP contribution in [-0.2, 0) is 6.54 Å². The molecule has 0 atom stereocenters. The number of likely N-dealkylation sites (tertiary alicyclic amines) is 1. The van der Waals surface area contributed by atoms with Crippen molar-refractivity contribution < 1.29 is 0 Å². The molecule has 1 aromatic heterocycles. The lowest BCUT2D eigenvalue weighted by atomic mass is 9.86. The van der Waals surface area contributed by atoms with Gasteiger partial charge in [0.1, 0.15) is 0 Å². The van der Waals surface area contributed by atoms with Gasteiger partial charge >= 0.3 is 0 Å². The molecule has 0 bridgehead atoms. The molecule has 1 fully saturated rings. The van der Waals surface area contributed by atoms with Crippen LogP contribution < -0.4 is 0 Å². The van der Waals surface area contributed by atoms with E-state index in [1.54, 1.807) is 0 Å². The lowest BCUT2D eigenvalue weighted by molar-refractivity contribution is 0.152. The summed E-state index contributed by atoms with van der Waals surface area (Å²) in [5.41, 5.74) is 1.39. The number of hydrogen-bond donors (Lipinski definition) is 0. The van der Waals surface area contributed by atoms with Crippen molar-refractivity contribution in [3.8, 4) is 0 Å². The zero-order valence-corrected chi connectivity index (χ0v) is 10.4. The second kappa shape index (κ2) is 5.44. The Balaban J connectivity index is 1.82. The molecular weight excluding hydrogens is 196 g/mol. The molecule has 0 aliphatic carbocycles. The second-order valence-electron chi connectivity index (χ2n) is 5.21. The Hall–Kier alpha value is -0.890. The highest BCUT2D eigenvalue weighted by Crippen LogP contribution is 2.25. The average molecular weight is 218 g/mol. The molecule has 0 aromatic carbocycles. The summed E-state index contributed by atoms with van der Waals surface area (Å²) in [6, 6.07) is 4.24. The van der Waals surface area contributed by atoms with E-state index < -0.39 is 0 Å². The van der Waals surface area contributed by atoms with Crippen molar-refractivity contribution in [3.05, 3.63) is 30.1 Å². The SMILES string of the molecule is CC(C)C1CCN(Cc2ccncc2)CC1. The maximum Gasteiger partial charge on any atom is 0.0271 e. The molecule has 0 radical (unpaired) electrons. The molecule has 2 nitrogen and oxygen atoms in total. The molecule has 1 saturated heterocycles. The second-order valence-corrected chi connectivity index (χ2v) is 5.21. The Bertz CT molecular complexity index is 300. The Morgan fingerprint density at radius 1 is 1.25 bits per heavy atom. The van der Waals surface area contributed by atoms with Crippen LogP contribution in [-0.4, -0.2) is 23.0 Å². The van der Waals surface area contributed by atoms with E-state index in [1.165, 1.54) is 31.5 Å². The van der Waals surface area contributed by atoms with E-state index in [1.807, 2.05) is 12.4 Å². The van der Waals surface area contributed by atoms with Crippen molar-refractivity contribution >= 4 is 0 Å². The molecule has 2 heterocycles. The predicted molar refractivity (Wildman–Crippen MR) is 67.1 cm³/mol. The van der Waals surface area contributed by atoms with Crippen LogP contribution in [0.2, 0.25) is 0 Å². The molecule has 0 amide bonds. The first-order chi connectivity index (χ1) is 7.75. The minimum Gasteiger partial charge on any atom is -0.299 e. The van der Waals surface area contributed by atoms with Crippen molar-refractivity contribution in [1.29, 1.82) is 0 Å². The minimum absolute atomic E-state index is 0.850. The molecule has 0 spiro atoms. The summed E-state index contributed by atoms with van der Waals surface area (Å²) < 4.78 is 0. The number of piperidine rings is 1. The van der Waals surface area contributed by atoms with Crippen molar-refractivity contribution in [2.24, 2.45) is 11.8 Å². The fourth-order valence-electron chi connectivity index (χ4n) is 2.52. The molecule has 16 heavy (non-hydrogen) atoms. The van der Waals surface area contributed by atoms with E-state index in [-0.39, 0.29) is 0 Å². The normalized spacial score (nSPS) is 19.2. The first-order valence-electron chi connectivity index (χ1n) is 6.37. The first kappa shape index (κ1) is 11.6. The Morgan fingerprint density at radius 3 is 2.44 bits per heavy atom. The summed E-state index contributed by atoms with van der Waals surface area (Å²) in [5, 5.41) is 0. The molecule has 0 N–H and O–H groups in total. The lowest BCUT2D eigenvalue weighted by Gasteiger charge is -2.33. The smallest absolute Gasteiger partial charge is 0.0271 e. The Morgan fingerprint density at radius 2 is 1.88 bits per heavy atom. The zero-order chi connectivity index (χ0) is 11.4. The fraction of sp³-hybridized carbons (Fsp3) is 0.643. The molecule has 2 heteroatoms. The summed E-state index contributed by atoms with van der Waals surface area (Å²) in [7, 11) is 0. The van der Waals surface area contributed by atoms with Crippen LogP contribution in [0.25, 0.3) is 0 Å². The van der Waals surface area contributed by atoms with E-state index >= 15 is 0 Å². The summed E-state index contributed by atoms with van der Waals surface area (Å²) in [6.45, 7) is 8.30. The van der Waals surface area contributed by atoms with Gasteiger partial charge in [0, 0.05) is 18.9 Å². The Labute approximate surface area is 98.7 Å². The third-order valence-corrected chi connectivity index (χ3v) is 3.73. The molecule has 1 aliphatic heterocycles. The maximum absolute atomic E-state index is 4.06. The zero-order valence-electron chi connectivity index (χ0n) is 10.4. The summed E-state index contributed by atoms with van der Waals surface area (Å²) in [4.78, 5) is 6.62. The fourth-order valence-corrected chi connectivity index (χ4v) is 2.52. The molecule has 1 aliphatic rings. The predicted octanol–water partition coefficient (Wildman–Crippen LogP) is 2.95. The van der Waals surface area contributed by atoms with Crippen LogP contribution in [0.15, 0.2) is 24.5 Å². The van der Waals surface area contributed by atoms with Crippen LogP contribution in [0.4, 0.5) is 0 Å². The van der Waals surface area contributed by atoms with Crippen LogP contribution in [0.5, 0.6) is 0 Å². The summed E-state index contributed by atoms with van der Waals surface area (Å²) in [5.74, 6) is 1.79. The third kappa shape index (κ3) is 3.05. The number of aromatic nitrogens is 1. The van der Waals surface area contributed by atoms with Gasteiger partial charge in [-0.15, -0.1) is 0 Å². The van der Waals surface area contributed by atoms with Crippen molar-refractivity contribution in [1.82, 2.24) is 9.88 Å². The van der Waals surface area contributed by atoms with Crippen LogP contribution in [0, 0.1) is 11.8 Å². The monoisotopic (exact) mass is 218 g/mol.